The fourth-order valence-corrected chi connectivity index (χ4v) is 2.37. The van der Waals surface area contributed by atoms with E-state index in [4.69, 9.17) is 0 Å². The number of hydrogen-bond acceptors (Lipinski definition) is 2. The quantitative estimate of drug-likeness (QED) is 0.656. The van der Waals surface area contributed by atoms with Gasteiger partial charge < -0.3 is 0 Å². The van der Waals surface area contributed by atoms with Crippen molar-refractivity contribution in [1.29, 1.82) is 0 Å². The number of hydrogen-bond donors (Lipinski definition) is 2. The maximum absolute atomic E-state index is 11.8. The maximum Gasteiger partial charge on any atom is 0.262 e. The highest BCUT2D eigenvalue weighted by atomic mass is 16.2. The molecule has 0 aromatic heterocycles. The van der Waals surface area contributed by atoms with Crippen LogP contribution in [0.1, 0.15) is 37.7 Å². The fourth-order valence-electron chi connectivity index (χ4n) is 2.37. The molecule has 2 N–H and O–H groups in total. The Kier molecular flexibility index (Phi) is 5.35. The van der Waals surface area contributed by atoms with Gasteiger partial charge in [0.25, 0.3) is 5.91 Å². The third kappa shape index (κ3) is 4.53. The number of nitrogens with one attached hydrogen (secondary N) is 2. The second-order valence-electron chi connectivity index (χ2n) is 5.06. The second kappa shape index (κ2) is 7.48. The minimum atomic E-state index is -0.321. The van der Waals surface area contributed by atoms with E-state index in [0.717, 1.165) is 31.2 Å². The van der Waals surface area contributed by atoms with Gasteiger partial charge in [-0.15, -0.1) is 0 Å². The highest BCUT2D eigenvalue weighted by Gasteiger charge is 2.20. The molecule has 1 aliphatic carbocycles. The van der Waals surface area contributed by atoms with E-state index in [1.54, 1.807) is 6.08 Å². The molecule has 0 radical (unpaired) electrons. The zero-order valence-electron chi connectivity index (χ0n) is 11.5. The van der Waals surface area contributed by atoms with Crippen LogP contribution in [0.2, 0.25) is 0 Å². The van der Waals surface area contributed by atoms with Gasteiger partial charge in [0.05, 0.1) is 0 Å². The van der Waals surface area contributed by atoms with Gasteiger partial charge in [0.15, 0.2) is 0 Å². The summed E-state index contributed by atoms with van der Waals surface area (Å²) >= 11 is 0. The molecule has 1 saturated carbocycles. The monoisotopic (exact) mass is 272 g/mol. The average molecular weight is 272 g/mol. The molecular formula is C16H20N2O2. The van der Waals surface area contributed by atoms with Crippen molar-refractivity contribution in [2.24, 2.45) is 5.92 Å². The minimum absolute atomic E-state index is 0.0437. The summed E-state index contributed by atoms with van der Waals surface area (Å²) in [6.45, 7) is 0. The molecule has 1 fully saturated rings. The summed E-state index contributed by atoms with van der Waals surface area (Å²) in [5, 5.41) is 0. The highest BCUT2D eigenvalue weighted by molar-refractivity contribution is 5.93. The van der Waals surface area contributed by atoms with Crippen molar-refractivity contribution in [1.82, 2.24) is 10.9 Å². The normalized spacial score (nSPS) is 16.0. The van der Waals surface area contributed by atoms with Crippen molar-refractivity contribution in [3.63, 3.8) is 0 Å². The summed E-state index contributed by atoms with van der Waals surface area (Å²) in [4.78, 5) is 23.4. The standard InChI is InChI=1S/C16H20N2O2/c19-15(12-11-13-7-3-1-4-8-13)17-18-16(20)14-9-5-2-6-10-14/h1,3-4,7-8,11-12,14H,2,5-6,9-10H2,(H,17,19)(H,18,20). The number of rotatable bonds is 3. The van der Waals surface area contributed by atoms with E-state index in [2.05, 4.69) is 10.9 Å². The van der Waals surface area contributed by atoms with Crippen LogP contribution in [0.3, 0.4) is 0 Å². The molecule has 106 valence electrons. The van der Waals surface area contributed by atoms with Gasteiger partial charge in [-0.3, -0.25) is 20.4 Å². The molecule has 4 nitrogen and oxygen atoms in total. The Morgan fingerprint density at radius 2 is 1.70 bits per heavy atom. The van der Waals surface area contributed by atoms with Crippen molar-refractivity contribution in [2.75, 3.05) is 0 Å². The lowest BCUT2D eigenvalue weighted by Crippen LogP contribution is -2.44. The van der Waals surface area contributed by atoms with E-state index >= 15 is 0 Å². The largest absolute Gasteiger partial charge is 0.273 e. The molecule has 0 bridgehead atoms. The number of carbonyl (C=O) groups is 2. The van der Waals surface area contributed by atoms with Crippen molar-refractivity contribution >= 4 is 17.9 Å². The lowest BCUT2D eigenvalue weighted by atomic mass is 9.89. The van der Waals surface area contributed by atoms with Gasteiger partial charge >= 0.3 is 0 Å². The summed E-state index contributed by atoms with van der Waals surface area (Å²) in [6, 6.07) is 9.54. The van der Waals surface area contributed by atoms with Gasteiger partial charge in [0, 0.05) is 12.0 Å². The molecule has 2 amide bonds. The van der Waals surface area contributed by atoms with Crippen LogP contribution >= 0.6 is 0 Å². The number of hydrazine groups is 1. The van der Waals surface area contributed by atoms with E-state index in [1.165, 1.54) is 12.5 Å². The smallest absolute Gasteiger partial charge is 0.262 e. The molecule has 0 atom stereocenters. The van der Waals surface area contributed by atoms with Crippen LogP contribution in [-0.4, -0.2) is 11.8 Å². The summed E-state index contributed by atoms with van der Waals surface area (Å²) in [7, 11) is 0. The van der Waals surface area contributed by atoms with Gasteiger partial charge in [-0.1, -0.05) is 49.6 Å². The SMILES string of the molecule is O=C(C=Cc1ccccc1)NNC(=O)C1CCCCC1. The molecule has 1 aliphatic rings. The lowest BCUT2D eigenvalue weighted by Gasteiger charge is -2.20. The zero-order chi connectivity index (χ0) is 14.2. The highest BCUT2D eigenvalue weighted by Crippen LogP contribution is 2.23. The minimum Gasteiger partial charge on any atom is -0.273 e. The Labute approximate surface area is 119 Å². The Morgan fingerprint density at radius 1 is 1.00 bits per heavy atom. The summed E-state index contributed by atoms with van der Waals surface area (Å²) in [5.74, 6) is -0.355. The van der Waals surface area contributed by atoms with E-state index in [-0.39, 0.29) is 17.7 Å². The lowest BCUT2D eigenvalue weighted by molar-refractivity contribution is -0.130. The zero-order valence-corrected chi connectivity index (χ0v) is 11.5. The van der Waals surface area contributed by atoms with Crippen molar-refractivity contribution in [3.05, 3.63) is 42.0 Å². The molecular weight excluding hydrogens is 252 g/mol. The fraction of sp³-hybridized carbons (Fsp3) is 0.375. The molecule has 4 heteroatoms. The number of benzene rings is 1. The predicted molar refractivity (Wildman–Crippen MR) is 78.3 cm³/mol. The van der Waals surface area contributed by atoms with Crippen LogP contribution in [0.5, 0.6) is 0 Å². The summed E-state index contributed by atoms with van der Waals surface area (Å²) in [5.41, 5.74) is 5.87. The molecule has 0 aliphatic heterocycles. The Balaban J connectivity index is 1.74. The predicted octanol–water partition coefficient (Wildman–Crippen LogP) is 2.43. The van der Waals surface area contributed by atoms with Crippen LogP contribution in [-0.2, 0) is 9.59 Å². The van der Waals surface area contributed by atoms with E-state index < -0.39 is 0 Å². The molecule has 0 heterocycles. The van der Waals surface area contributed by atoms with Gasteiger partial charge in [0.2, 0.25) is 5.91 Å². The van der Waals surface area contributed by atoms with Gasteiger partial charge in [0.1, 0.15) is 0 Å². The van der Waals surface area contributed by atoms with Gasteiger partial charge in [-0.25, -0.2) is 0 Å². The molecule has 1 aromatic rings. The molecule has 20 heavy (non-hydrogen) atoms. The van der Waals surface area contributed by atoms with Crippen molar-refractivity contribution < 1.29 is 9.59 Å². The first-order chi connectivity index (χ1) is 9.75. The third-order valence-electron chi connectivity index (χ3n) is 3.51. The van der Waals surface area contributed by atoms with E-state index in [9.17, 15) is 9.59 Å². The molecule has 1 aromatic carbocycles. The third-order valence-corrected chi connectivity index (χ3v) is 3.51. The Morgan fingerprint density at radius 3 is 2.40 bits per heavy atom. The van der Waals surface area contributed by atoms with Crippen LogP contribution in [0.25, 0.3) is 6.08 Å². The van der Waals surface area contributed by atoms with Crippen LogP contribution in [0, 0.1) is 5.92 Å². The second-order valence-corrected chi connectivity index (χ2v) is 5.06. The number of carbonyl (C=O) groups excluding carboxylic acids is 2. The molecule has 2 rings (SSSR count). The Bertz CT molecular complexity index is 477. The summed E-state index contributed by atoms with van der Waals surface area (Å²) < 4.78 is 0. The maximum atomic E-state index is 11.8. The first-order valence-electron chi connectivity index (χ1n) is 7.08. The van der Waals surface area contributed by atoms with Gasteiger partial charge in [-0.05, 0) is 24.5 Å². The molecule has 0 unspecified atom stereocenters. The summed E-state index contributed by atoms with van der Waals surface area (Å²) in [6.07, 6.45) is 8.36. The van der Waals surface area contributed by atoms with Crippen LogP contribution in [0.15, 0.2) is 36.4 Å². The first-order valence-corrected chi connectivity index (χ1v) is 7.08. The molecule has 0 spiro atoms. The van der Waals surface area contributed by atoms with Crippen LogP contribution in [0.4, 0.5) is 0 Å². The average Bonchev–Trinajstić information content (AvgIpc) is 2.52. The van der Waals surface area contributed by atoms with E-state index in [0.29, 0.717) is 0 Å². The Hall–Kier alpha value is -2.10. The topological polar surface area (TPSA) is 58.2 Å². The number of amides is 2. The van der Waals surface area contributed by atoms with Crippen molar-refractivity contribution in [3.8, 4) is 0 Å². The first kappa shape index (κ1) is 14.3. The van der Waals surface area contributed by atoms with Gasteiger partial charge in [-0.2, -0.15) is 0 Å². The van der Waals surface area contributed by atoms with Crippen molar-refractivity contribution in [2.45, 2.75) is 32.1 Å². The van der Waals surface area contributed by atoms with E-state index in [1.807, 2.05) is 30.3 Å². The molecule has 0 saturated heterocycles. The van der Waals surface area contributed by atoms with Crippen LogP contribution < -0.4 is 10.9 Å².